The molecule has 1 fully saturated rings. The van der Waals surface area contributed by atoms with Crippen LogP contribution in [0.3, 0.4) is 0 Å². The number of esters is 1. The molecule has 4 nitrogen and oxygen atoms in total. The number of hydrogen-bond donors (Lipinski definition) is 1. The predicted octanol–water partition coefficient (Wildman–Crippen LogP) is 1.61. The van der Waals surface area contributed by atoms with E-state index in [0.29, 0.717) is 6.04 Å². The smallest absolute Gasteiger partial charge is 0.332 e. The van der Waals surface area contributed by atoms with Crippen LogP contribution in [0, 0.1) is 0 Å². The van der Waals surface area contributed by atoms with Gasteiger partial charge in [0.05, 0.1) is 6.10 Å². The molecule has 4 heteroatoms. The van der Waals surface area contributed by atoms with Crippen LogP contribution in [0.1, 0.15) is 46.5 Å². The Bertz CT molecular complexity index is 227. The van der Waals surface area contributed by atoms with Crippen molar-refractivity contribution in [3.63, 3.8) is 0 Å². The van der Waals surface area contributed by atoms with Crippen molar-refractivity contribution in [3.05, 3.63) is 0 Å². The minimum atomic E-state index is -0.435. The summed E-state index contributed by atoms with van der Waals surface area (Å²) in [5, 5.41) is 0. The number of carbonyl (C=O) groups excluding carboxylic acids is 1. The minimum absolute atomic E-state index is 0.0528. The van der Waals surface area contributed by atoms with Crippen molar-refractivity contribution in [2.24, 2.45) is 5.73 Å². The van der Waals surface area contributed by atoms with Gasteiger partial charge in [0.1, 0.15) is 12.2 Å². The van der Waals surface area contributed by atoms with Crippen LogP contribution >= 0.6 is 0 Å². The maximum atomic E-state index is 11.4. The summed E-state index contributed by atoms with van der Waals surface area (Å²) in [6, 6.07) is 0.307. The van der Waals surface area contributed by atoms with Gasteiger partial charge in [-0.25, -0.2) is 4.79 Å². The molecule has 0 saturated heterocycles. The lowest BCUT2D eigenvalue weighted by Gasteiger charge is -2.26. The van der Waals surface area contributed by atoms with Crippen molar-refractivity contribution in [2.45, 2.75) is 64.2 Å². The SMILES string of the molecule is CC(C)(C)OC(=O)CO[C@H]1CC[C@H](N)CC1. The van der Waals surface area contributed by atoms with Gasteiger partial charge in [-0.05, 0) is 46.5 Å². The number of nitrogens with two attached hydrogens (primary N) is 1. The number of ether oxygens (including phenoxy) is 2. The lowest BCUT2D eigenvalue weighted by Crippen LogP contribution is -2.32. The molecule has 0 spiro atoms. The molecule has 0 heterocycles. The van der Waals surface area contributed by atoms with E-state index in [4.69, 9.17) is 15.2 Å². The van der Waals surface area contributed by atoms with Gasteiger partial charge >= 0.3 is 5.97 Å². The second-order valence-corrected chi connectivity index (χ2v) is 5.43. The van der Waals surface area contributed by atoms with Crippen molar-refractivity contribution < 1.29 is 14.3 Å². The first-order valence-corrected chi connectivity index (χ1v) is 5.96. The Balaban J connectivity index is 2.17. The lowest BCUT2D eigenvalue weighted by molar-refractivity contribution is -0.162. The van der Waals surface area contributed by atoms with Crippen LogP contribution in [0.5, 0.6) is 0 Å². The first-order chi connectivity index (χ1) is 7.37. The number of rotatable bonds is 3. The molecule has 16 heavy (non-hydrogen) atoms. The van der Waals surface area contributed by atoms with Crippen molar-refractivity contribution in [2.75, 3.05) is 6.61 Å². The van der Waals surface area contributed by atoms with E-state index in [1.54, 1.807) is 0 Å². The maximum absolute atomic E-state index is 11.4. The van der Waals surface area contributed by atoms with Crippen molar-refractivity contribution >= 4 is 5.97 Å². The molecule has 0 amide bonds. The molecule has 1 saturated carbocycles. The molecule has 0 aromatic heterocycles. The van der Waals surface area contributed by atoms with Gasteiger partial charge in [-0.1, -0.05) is 0 Å². The van der Waals surface area contributed by atoms with E-state index in [1.165, 1.54) is 0 Å². The Morgan fingerprint density at radius 2 is 1.81 bits per heavy atom. The van der Waals surface area contributed by atoms with E-state index < -0.39 is 5.60 Å². The van der Waals surface area contributed by atoms with E-state index in [2.05, 4.69) is 0 Å². The Morgan fingerprint density at radius 1 is 1.25 bits per heavy atom. The van der Waals surface area contributed by atoms with Crippen LogP contribution in [0.4, 0.5) is 0 Å². The molecule has 0 aliphatic heterocycles. The molecular weight excluding hydrogens is 206 g/mol. The first kappa shape index (κ1) is 13.5. The Morgan fingerprint density at radius 3 is 2.31 bits per heavy atom. The zero-order chi connectivity index (χ0) is 12.2. The summed E-state index contributed by atoms with van der Waals surface area (Å²) in [5.41, 5.74) is 5.35. The van der Waals surface area contributed by atoms with Gasteiger partial charge in [0.2, 0.25) is 0 Å². The van der Waals surface area contributed by atoms with Crippen LogP contribution in [0.15, 0.2) is 0 Å². The third-order valence-electron chi connectivity index (χ3n) is 2.58. The van der Waals surface area contributed by atoms with Gasteiger partial charge in [0.15, 0.2) is 0 Å². The van der Waals surface area contributed by atoms with Crippen LogP contribution < -0.4 is 5.73 Å². The highest BCUT2D eigenvalue weighted by atomic mass is 16.6. The summed E-state index contributed by atoms with van der Waals surface area (Å²) in [7, 11) is 0. The summed E-state index contributed by atoms with van der Waals surface area (Å²) in [4.78, 5) is 11.4. The second kappa shape index (κ2) is 5.64. The minimum Gasteiger partial charge on any atom is -0.458 e. The Hall–Kier alpha value is -0.610. The average molecular weight is 229 g/mol. The Labute approximate surface area is 97.5 Å². The summed E-state index contributed by atoms with van der Waals surface area (Å²) >= 11 is 0. The van der Waals surface area contributed by atoms with E-state index in [0.717, 1.165) is 25.7 Å². The molecule has 0 aromatic rings. The highest BCUT2D eigenvalue weighted by Gasteiger charge is 2.21. The predicted molar refractivity (Wildman–Crippen MR) is 62.0 cm³/mol. The highest BCUT2D eigenvalue weighted by Crippen LogP contribution is 2.19. The fourth-order valence-corrected chi connectivity index (χ4v) is 1.81. The summed E-state index contributed by atoms with van der Waals surface area (Å²) in [6.45, 7) is 5.61. The van der Waals surface area contributed by atoms with Crippen molar-refractivity contribution in [3.8, 4) is 0 Å². The molecule has 1 aliphatic rings. The van der Waals surface area contributed by atoms with Gasteiger partial charge in [0, 0.05) is 6.04 Å². The van der Waals surface area contributed by atoms with Crippen LogP contribution in [-0.2, 0) is 14.3 Å². The van der Waals surface area contributed by atoms with E-state index >= 15 is 0 Å². The molecule has 1 aliphatic carbocycles. The molecule has 0 unspecified atom stereocenters. The summed E-state index contributed by atoms with van der Waals surface area (Å²) in [5.74, 6) is -0.289. The molecule has 0 bridgehead atoms. The van der Waals surface area contributed by atoms with E-state index in [1.807, 2.05) is 20.8 Å². The number of carbonyl (C=O) groups is 1. The van der Waals surface area contributed by atoms with E-state index in [-0.39, 0.29) is 18.7 Å². The highest BCUT2D eigenvalue weighted by molar-refractivity contribution is 5.71. The maximum Gasteiger partial charge on any atom is 0.332 e. The third kappa shape index (κ3) is 5.47. The zero-order valence-electron chi connectivity index (χ0n) is 10.5. The molecule has 1 rings (SSSR count). The van der Waals surface area contributed by atoms with Crippen molar-refractivity contribution in [1.29, 1.82) is 0 Å². The normalized spacial score (nSPS) is 26.5. The number of hydrogen-bond acceptors (Lipinski definition) is 4. The quantitative estimate of drug-likeness (QED) is 0.747. The second-order valence-electron chi connectivity index (χ2n) is 5.43. The van der Waals surface area contributed by atoms with Gasteiger partial charge < -0.3 is 15.2 Å². The zero-order valence-corrected chi connectivity index (χ0v) is 10.5. The van der Waals surface area contributed by atoms with Gasteiger partial charge in [-0.2, -0.15) is 0 Å². The molecule has 0 aromatic carbocycles. The standard InChI is InChI=1S/C12H23NO3/c1-12(2,3)16-11(14)8-15-10-6-4-9(13)5-7-10/h9-10H,4-8,13H2,1-3H3/t9-,10-. The first-order valence-electron chi connectivity index (χ1n) is 5.96. The van der Waals surface area contributed by atoms with Crippen molar-refractivity contribution in [1.82, 2.24) is 0 Å². The molecule has 0 radical (unpaired) electrons. The van der Waals surface area contributed by atoms with Crippen LogP contribution in [0.2, 0.25) is 0 Å². The van der Waals surface area contributed by atoms with Crippen LogP contribution in [-0.4, -0.2) is 30.3 Å². The van der Waals surface area contributed by atoms with Gasteiger partial charge in [-0.3, -0.25) is 0 Å². The average Bonchev–Trinajstić information content (AvgIpc) is 2.14. The largest absolute Gasteiger partial charge is 0.458 e. The monoisotopic (exact) mass is 229 g/mol. The topological polar surface area (TPSA) is 61.5 Å². The fourth-order valence-electron chi connectivity index (χ4n) is 1.81. The summed E-state index contributed by atoms with van der Waals surface area (Å²) in [6.07, 6.45) is 4.04. The molecule has 0 atom stereocenters. The van der Waals surface area contributed by atoms with Crippen LogP contribution in [0.25, 0.3) is 0 Å². The van der Waals surface area contributed by atoms with Gasteiger partial charge in [0.25, 0.3) is 0 Å². The molecule has 2 N–H and O–H groups in total. The van der Waals surface area contributed by atoms with E-state index in [9.17, 15) is 4.79 Å². The lowest BCUT2D eigenvalue weighted by atomic mass is 9.94. The summed E-state index contributed by atoms with van der Waals surface area (Å²) < 4.78 is 10.7. The molecular formula is C12H23NO3. The Kier molecular flexibility index (Phi) is 4.74. The third-order valence-corrected chi connectivity index (χ3v) is 2.58. The fraction of sp³-hybridized carbons (Fsp3) is 0.917. The van der Waals surface area contributed by atoms with Gasteiger partial charge in [-0.15, -0.1) is 0 Å². The molecule has 94 valence electrons.